The zero-order valence-electron chi connectivity index (χ0n) is 12.3. The molecule has 0 N–H and O–H groups in total. The smallest absolute Gasteiger partial charge is 0.231 e. The maximum absolute atomic E-state index is 5.68. The van der Waals surface area contributed by atoms with Gasteiger partial charge in [0, 0.05) is 38.1 Å². The maximum Gasteiger partial charge on any atom is 0.231 e. The van der Waals surface area contributed by atoms with E-state index in [4.69, 9.17) is 18.9 Å². The van der Waals surface area contributed by atoms with E-state index in [0.717, 1.165) is 51.0 Å². The zero-order chi connectivity index (χ0) is 14.3. The molecule has 1 aromatic rings. The summed E-state index contributed by atoms with van der Waals surface area (Å²) >= 11 is 0. The SMILES string of the molecule is COC[C@]12COC[C@H]1CN(Cc1ccc3c(c1)OCO3)C2. The highest BCUT2D eigenvalue weighted by Gasteiger charge is 2.50. The minimum Gasteiger partial charge on any atom is -0.454 e. The summed E-state index contributed by atoms with van der Waals surface area (Å²) in [6.07, 6.45) is 0. The van der Waals surface area contributed by atoms with Gasteiger partial charge in [-0.1, -0.05) is 6.07 Å². The number of likely N-dealkylation sites (tertiary alicyclic amines) is 1. The van der Waals surface area contributed by atoms with Gasteiger partial charge in [0.15, 0.2) is 11.5 Å². The number of methoxy groups -OCH3 is 1. The molecule has 2 fully saturated rings. The topological polar surface area (TPSA) is 40.2 Å². The van der Waals surface area contributed by atoms with E-state index >= 15 is 0 Å². The summed E-state index contributed by atoms with van der Waals surface area (Å²) in [7, 11) is 1.78. The van der Waals surface area contributed by atoms with Gasteiger partial charge in [-0.15, -0.1) is 0 Å². The van der Waals surface area contributed by atoms with Crippen LogP contribution in [0.4, 0.5) is 0 Å². The molecule has 21 heavy (non-hydrogen) atoms. The van der Waals surface area contributed by atoms with Gasteiger partial charge in [-0.3, -0.25) is 4.90 Å². The van der Waals surface area contributed by atoms with Crippen LogP contribution in [0.25, 0.3) is 0 Å². The normalized spacial score (nSPS) is 30.8. The standard InChI is InChI=1S/C16H21NO4/c1-18-9-16-8-17(6-13(16)7-19-10-16)5-12-2-3-14-15(4-12)21-11-20-14/h2-4,13H,5-11H2,1H3/t13-,16-/m1/s1. The fraction of sp³-hybridized carbons (Fsp3) is 0.625. The zero-order valence-corrected chi connectivity index (χ0v) is 12.3. The first-order valence-corrected chi connectivity index (χ1v) is 7.47. The highest BCUT2D eigenvalue weighted by Crippen LogP contribution is 2.42. The second-order valence-corrected chi connectivity index (χ2v) is 6.36. The summed E-state index contributed by atoms with van der Waals surface area (Å²) in [5.41, 5.74) is 1.46. The van der Waals surface area contributed by atoms with Gasteiger partial charge in [-0.2, -0.15) is 0 Å². The van der Waals surface area contributed by atoms with Crippen LogP contribution in [-0.4, -0.2) is 51.7 Å². The molecular formula is C16H21NO4. The van der Waals surface area contributed by atoms with Crippen LogP contribution >= 0.6 is 0 Å². The lowest BCUT2D eigenvalue weighted by molar-refractivity contribution is 0.0533. The third kappa shape index (κ3) is 2.29. The molecule has 3 aliphatic heterocycles. The Morgan fingerprint density at radius 1 is 1.33 bits per heavy atom. The summed E-state index contributed by atoms with van der Waals surface area (Å²) in [6.45, 7) is 5.87. The van der Waals surface area contributed by atoms with E-state index in [2.05, 4.69) is 17.0 Å². The molecule has 0 aliphatic carbocycles. The van der Waals surface area contributed by atoms with E-state index in [1.807, 2.05) is 6.07 Å². The first-order chi connectivity index (χ1) is 10.3. The van der Waals surface area contributed by atoms with Gasteiger partial charge in [-0.05, 0) is 17.7 Å². The van der Waals surface area contributed by atoms with E-state index in [1.165, 1.54) is 5.56 Å². The van der Waals surface area contributed by atoms with Crippen molar-refractivity contribution in [2.45, 2.75) is 6.54 Å². The van der Waals surface area contributed by atoms with E-state index in [0.29, 0.717) is 12.7 Å². The molecule has 1 aromatic carbocycles. The van der Waals surface area contributed by atoms with Crippen molar-refractivity contribution in [3.63, 3.8) is 0 Å². The van der Waals surface area contributed by atoms with Crippen LogP contribution in [0, 0.1) is 11.3 Å². The molecule has 3 aliphatic rings. The quantitative estimate of drug-likeness (QED) is 0.841. The predicted octanol–water partition coefficient (Wildman–Crippen LogP) is 1.51. The van der Waals surface area contributed by atoms with Crippen LogP contribution in [0.3, 0.4) is 0 Å². The molecule has 3 heterocycles. The number of nitrogens with zero attached hydrogens (tertiary/aromatic N) is 1. The third-order valence-corrected chi connectivity index (χ3v) is 4.87. The fourth-order valence-corrected chi connectivity index (χ4v) is 3.85. The lowest BCUT2D eigenvalue weighted by Crippen LogP contribution is -2.35. The Morgan fingerprint density at radius 3 is 3.14 bits per heavy atom. The molecule has 5 nitrogen and oxygen atoms in total. The van der Waals surface area contributed by atoms with Crippen molar-refractivity contribution >= 4 is 0 Å². The highest BCUT2D eigenvalue weighted by atomic mass is 16.7. The van der Waals surface area contributed by atoms with Crippen LogP contribution in [0.2, 0.25) is 0 Å². The molecule has 0 radical (unpaired) electrons. The average Bonchev–Trinajstić information content (AvgIpc) is 3.12. The van der Waals surface area contributed by atoms with Crippen LogP contribution < -0.4 is 9.47 Å². The number of fused-ring (bicyclic) bond motifs is 2. The van der Waals surface area contributed by atoms with Gasteiger partial charge >= 0.3 is 0 Å². The average molecular weight is 291 g/mol. The van der Waals surface area contributed by atoms with Crippen molar-refractivity contribution in [2.75, 3.05) is 46.8 Å². The van der Waals surface area contributed by atoms with Crippen LogP contribution in [0.15, 0.2) is 18.2 Å². The molecule has 0 bridgehead atoms. The molecule has 5 heteroatoms. The van der Waals surface area contributed by atoms with Crippen LogP contribution in [0.1, 0.15) is 5.56 Å². The molecule has 0 spiro atoms. The Hall–Kier alpha value is -1.30. The molecule has 0 amide bonds. The van der Waals surface area contributed by atoms with E-state index in [9.17, 15) is 0 Å². The van der Waals surface area contributed by atoms with Crippen molar-refractivity contribution in [2.24, 2.45) is 11.3 Å². The van der Waals surface area contributed by atoms with Crippen molar-refractivity contribution in [1.29, 1.82) is 0 Å². The lowest BCUT2D eigenvalue weighted by atomic mass is 9.82. The molecule has 4 rings (SSSR count). The summed E-state index contributed by atoms with van der Waals surface area (Å²) < 4.78 is 21.9. The van der Waals surface area contributed by atoms with Gasteiger partial charge in [-0.25, -0.2) is 0 Å². The Labute approximate surface area is 124 Å². The van der Waals surface area contributed by atoms with Gasteiger partial charge in [0.1, 0.15) is 0 Å². The number of hydrogen-bond donors (Lipinski definition) is 0. The van der Waals surface area contributed by atoms with Gasteiger partial charge in [0.2, 0.25) is 6.79 Å². The van der Waals surface area contributed by atoms with Gasteiger partial charge < -0.3 is 18.9 Å². The number of benzene rings is 1. The van der Waals surface area contributed by atoms with Crippen molar-refractivity contribution < 1.29 is 18.9 Å². The summed E-state index contributed by atoms with van der Waals surface area (Å²) in [4.78, 5) is 2.50. The van der Waals surface area contributed by atoms with E-state index in [1.54, 1.807) is 7.11 Å². The fourth-order valence-electron chi connectivity index (χ4n) is 3.85. The largest absolute Gasteiger partial charge is 0.454 e. The summed E-state index contributed by atoms with van der Waals surface area (Å²) in [5, 5.41) is 0. The first-order valence-electron chi connectivity index (χ1n) is 7.47. The molecule has 2 atom stereocenters. The Kier molecular flexibility index (Phi) is 3.28. The highest BCUT2D eigenvalue weighted by molar-refractivity contribution is 5.44. The van der Waals surface area contributed by atoms with Crippen molar-refractivity contribution in [1.82, 2.24) is 4.90 Å². The monoisotopic (exact) mass is 291 g/mol. The van der Waals surface area contributed by atoms with Crippen LogP contribution in [-0.2, 0) is 16.0 Å². The first kappa shape index (κ1) is 13.4. The Bertz CT molecular complexity index is 535. The Balaban J connectivity index is 1.46. The van der Waals surface area contributed by atoms with E-state index in [-0.39, 0.29) is 5.41 Å². The lowest BCUT2D eigenvalue weighted by Gasteiger charge is -2.26. The number of rotatable bonds is 4. The summed E-state index contributed by atoms with van der Waals surface area (Å²) in [6, 6.07) is 6.22. The van der Waals surface area contributed by atoms with Gasteiger partial charge in [0.05, 0.1) is 19.8 Å². The number of ether oxygens (including phenoxy) is 4. The summed E-state index contributed by atoms with van der Waals surface area (Å²) in [5.74, 6) is 2.30. The maximum atomic E-state index is 5.68. The van der Waals surface area contributed by atoms with Gasteiger partial charge in [0.25, 0.3) is 0 Å². The molecule has 0 aromatic heterocycles. The van der Waals surface area contributed by atoms with Crippen molar-refractivity contribution in [3.05, 3.63) is 23.8 Å². The van der Waals surface area contributed by atoms with Crippen molar-refractivity contribution in [3.8, 4) is 11.5 Å². The minimum atomic E-state index is 0.186. The second-order valence-electron chi connectivity index (χ2n) is 6.36. The van der Waals surface area contributed by atoms with E-state index < -0.39 is 0 Å². The third-order valence-electron chi connectivity index (χ3n) is 4.87. The minimum absolute atomic E-state index is 0.186. The molecule has 0 saturated carbocycles. The van der Waals surface area contributed by atoms with Crippen LogP contribution in [0.5, 0.6) is 11.5 Å². The Morgan fingerprint density at radius 2 is 2.24 bits per heavy atom. The molecular weight excluding hydrogens is 270 g/mol. The molecule has 0 unspecified atom stereocenters. The second kappa shape index (κ2) is 5.16. The predicted molar refractivity (Wildman–Crippen MR) is 76.5 cm³/mol. The molecule has 114 valence electrons. The number of hydrogen-bond acceptors (Lipinski definition) is 5. The molecule has 2 saturated heterocycles.